The zero-order valence-corrected chi connectivity index (χ0v) is 10.9. The molecule has 0 aliphatic carbocycles. The third-order valence-electron chi connectivity index (χ3n) is 2.79. The van der Waals surface area contributed by atoms with Crippen molar-refractivity contribution in [2.75, 3.05) is 11.4 Å². The number of halogens is 1. The normalized spacial score (nSPS) is 18.8. The highest BCUT2D eigenvalue weighted by molar-refractivity contribution is 9.10. The highest BCUT2D eigenvalue weighted by Crippen LogP contribution is 2.34. The fourth-order valence-electron chi connectivity index (χ4n) is 1.92. The van der Waals surface area contributed by atoms with Gasteiger partial charge in [-0.1, -0.05) is 15.9 Å². The number of carbonyl (C=O) groups is 1. The van der Waals surface area contributed by atoms with E-state index in [-0.39, 0.29) is 23.9 Å². The topological polar surface area (TPSA) is 63.5 Å². The van der Waals surface area contributed by atoms with E-state index < -0.39 is 4.92 Å². The van der Waals surface area contributed by atoms with Gasteiger partial charge in [-0.15, -0.1) is 12.3 Å². The van der Waals surface area contributed by atoms with Crippen LogP contribution in [0.1, 0.15) is 6.42 Å². The summed E-state index contributed by atoms with van der Waals surface area (Å²) >= 11 is 3.17. The quantitative estimate of drug-likeness (QED) is 0.478. The molecule has 1 heterocycles. The molecule has 0 aromatic heterocycles. The maximum atomic E-state index is 11.8. The zero-order chi connectivity index (χ0) is 13.3. The molecule has 1 aliphatic heterocycles. The number of nitro groups is 1. The lowest BCUT2D eigenvalue weighted by Gasteiger charge is -2.15. The molecule has 1 aromatic carbocycles. The number of nitrogens with zero attached hydrogens (tertiary/aromatic N) is 2. The number of amides is 1. The SMILES string of the molecule is C#CC1CC(=O)N(c2ccc(Br)cc2[N+](=O)[O-])C1. The second kappa shape index (κ2) is 4.78. The summed E-state index contributed by atoms with van der Waals surface area (Å²) in [6.45, 7) is 0.331. The van der Waals surface area contributed by atoms with E-state index >= 15 is 0 Å². The number of terminal acetylenes is 1. The number of anilines is 1. The van der Waals surface area contributed by atoms with Gasteiger partial charge in [-0.2, -0.15) is 0 Å². The summed E-state index contributed by atoms with van der Waals surface area (Å²) in [6, 6.07) is 4.60. The van der Waals surface area contributed by atoms with Crippen molar-refractivity contribution < 1.29 is 9.72 Å². The highest BCUT2D eigenvalue weighted by atomic mass is 79.9. The molecule has 1 amide bonds. The van der Waals surface area contributed by atoms with Gasteiger partial charge in [0, 0.05) is 29.4 Å². The summed E-state index contributed by atoms with van der Waals surface area (Å²) in [5.74, 6) is 2.16. The van der Waals surface area contributed by atoms with Crippen LogP contribution in [0, 0.1) is 28.4 Å². The van der Waals surface area contributed by atoms with Gasteiger partial charge in [0.25, 0.3) is 5.69 Å². The van der Waals surface area contributed by atoms with Crippen LogP contribution in [0.25, 0.3) is 0 Å². The second-order valence-electron chi connectivity index (χ2n) is 3.96. The van der Waals surface area contributed by atoms with Crippen LogP contribution in [0.3, 0.4) is 0 Å². The number of carbonyl (C=O) groups excluding carboxylic acids is 1. The van der Waals surface area contributed by atoms with Crippen molar-refractivity contribution >= 4 is 33.2 Å². The van der Waals surface area contributed by atoms with Crippen LogP contribution < -0.4 is 4.90 Å². The first-order valence-electron chi connectivity index (χ1n) is 5.23. The van der Waals surface area contributed by atoms with E-state index in [1.807, 2.05) is 0 Å². The molecule has 5 nitrogen and oxygen atoms in total. The Morgan fingerprint density at radius 1 is 1.56 bits per heavy atom. The molecule has 0 radical (unpaired) electrons. The molecule has 1 atom stereocenters. The molecule has 1 aromatic rings. The van der Waals surface area contributed by atoms with Gasteiger partial charge in [-0.25, -0.2) is 0 Å². The second-order valence-corrected chi connectivity index (χ2v) is 4.88. The Morgan fingerprint density at radius 2 is 2.28 bits per heavy atom. The van der Waals surface area contributed by atoms with Crippen LogP contribution in [-0.2, 0) is 4.79 Å². The van der Waals surface area contributed by atoms with Crippen molar-refractivity contribution in [1.82, 2.24) is 0 Å². The Morgan fingerprint density at radius 3 is 2.83 bits per heavy atom. The maximum absolute atomic E-state index is 11.8. The predicted molar refractivity (Wildman–Crippen MR) is 70.1 cm³/mol. The van der Waals surface area contributed by atoms with E-state index in [0.717, 1.165) is 0 Å². The lowest BCUT2D eigenvalue weighted by molar-refractivity contribution is -0.384. The fourth-order valence-corrected chi connectivity index (χ4v) is 2.27. The lowest BCUT2D eigenvalue weighted by atomic mass is 10.1. The summed E-state index contributed by atoms with van der Waals surface area (Å²) in [5, 5.41) is 11.0. The zero-order valence-electron chi connectivity index (χ0n) is 9.30. The van der Waals surface area contributed by atoms with Crippen LogP contribution in [0.5, 0.6) is 0 Å². The summed E-state index contributed by atoms with van der Waals surface area (Å²) < 4.78 is 0.595. The van der Waals surface area contributed by atoms with Gasteiger partial charge < -0.3 is 4.90 Å². The minimum atomic E-state index is -0.503. The number of hydrogen-bond acceptors (Lipinski definition) is 3. The average molecular weight is 309 g/mol. The molecule has 0 N–H and O–H groups in total. The molecule has 2 rings (SSSR count). The molecule has 0 bridgehead atoms. The molecule has 92 valence electrons. The van der Waals surface area contributed by atoms with E-state index in [4.69, 9.17) is 6.42 Å². The average Bonchev–Trinajstić information content (AvgIpc) is 2.70. The molecule has 1 aliphatic rings. The Hall–Kier alpha value is -1.87. The molecule has 1 fully saturated rings. The molecule has 1 saturated heterocycles. The minimum Gasteiger partial charge on any atom is -0.305 e. The van der Waals surface area contributed by atoms with Gasteiger partial charge in [0.1, 0.15) is 5.69 Å². The van der Waals surface area contributed by atoms with Crippen molar-refractivity contribution in [3.63, 3.8) is 0 Å². The first kappa shape index (κ1) is 12.6. The smallest absolute Gasteiger partial charge is 0.294 e. The van der Waals surface area contributed by atoms with Crippen molar-refractivity contribution in [1.29, 1.82) is 0 Å². The van der Waals surface area contributed by atoms with Gasteiger partial charge >= 0.3 is 0 Å². The standard InChI is InChI=1S/C12H9BrN2O3/c1-2-8-5-12(16)14(7-8)10-4-3-9(13)6-11(10)15(17)18/h1,3-4,6,8H,5,7H2. The molecular formula is C12H9BrN2O3. The summed E-state index contributed by atoms with van der Waals surface area (Å²) in [7, 11) is 0. The minimum absolute atomic E-state index is 0.101. The maximum Gasteiger partial charge on any atom is 0.294 e. The van der Waals surface area contributed by atoms with Crippen LogP contribution in [-0.4, -0.2) is 17.4 Å². The Balaban J connectivity index is 2.43. The van der Waals surface area contributed by atoms with Gasteiger partial charge in [-0.3, -0.25) is 14.9 Å². The number of benzene rings is 1. The number of nitro benzene ring substituents is 1. The van der Waals surface area contributed by atoms with E-state index in [1.54, 1.807) is 12.1 Å². The van der Waals surface area contributed by atoms with Crippen LogP contribution >= 0.6 is 15.9 Å². The van der Waals surface area contributed by atoms with E-state index in [9.17, 15) is 14.9 Å². The van der Waals surface area contributed by atoms with Crippen LogP contribution in [0.4, 0.5) is 11.4 Å². The monoisotopic (exact) mass is 308 g/mol. The largest absolute Gasteiger partial charge is 0.305 e. The Labute approximate surface area is 112 Å². The summed E-state index contributed by atoms with van der Waals surface area (Å²) in [5.41, 5.74) is 0.196. The van der Waals surface area contributed by atoms with Crippen molar-refractivity contribution in [3.05, 3.63) is 32.8 Å². The fraction of sp³-hybridized carbons (Fsp3) is 0.250. The van der Waals surface area contributed by atoms with Gasteiger partial charge in [0.2, 0.25) is 5.91 Å². The number of rotatable bonds is 2. The molecule has 0 saturated carbocycles. The Bertz CT molecular complexity index is 565. The molecule has 6 heteroatoms. The van der Waals surface area contributed by atoms with E-state index in [1.165, 1.54) is 11.0 Å². The predicted octanol–water partition coefficient (Wildman–Crippen LogP) is 2.34. The van der Waals surface area contributed by atoms with Crippen LogP contribution in [0.15, 0.2) is 22.7 Å². The first-order valence-corrected chi connectivity index (χ1v) is 6.02. The van der Waals surface area contributed by atoms with Gasteiger partial charge in [0.05, 0.1) is 4.92 Å². The van der Waals surface area contributed by atoms with Crippen molar-refractivity contribution in [2.24, 2.45) is 5.92 Å². The third-order valence-corrected chi connectivity index (χ3v) is 3.28. The van der Waals surface area contributed by atoms with Gasteiger partial charge in [-0.05, 0) is 12.1 Å². The van der Waals surface area contributed by atoms with Crippen LogP contribution in [0.2, 0.25) is 0 Å². The van der Waals surface area contributed by atoms with Crippen molar-refractivity contribution in [3.8, 4) is 12.3 Å². The van der Waals surface area contributed by atoms with E-state index in [0.29, 0.717) is 16.7 Å². The number of hydrogen-bond donors (Lipinski definition) is 0. The molecule has 0 spiro atoms. The lowest BCUT2D eigenvalue weighted by Crippen LogP contribution is -2.25. The summed E-state index contributed by atoms with van der Waals surface area (Å²) in [6.07, 6.45) is 5.53. The highest BCUT2D eigenvalue weighted by Gasteiger charge is 2.33. The van der Waals surface area contributed by atoms with Crippen molar-refractivity contribution in [2.45, 2.75) is 6.42 Å². The third kappa shape index (κ3) is 2.22. The molecule has 18 heavy (non-hydrogen) atoms. The first-order chi connectivity index (χ1) is 8.52. The Kier molecular flexibility index (Phi) is 3.34. The van der Waals surface area contributed by atoms with E-state index in [2.05, 4.69) is 21.9 Å². The van der Waals surface area contributed by atoms with Gasteiger partial charge in [0.15, 0.2) is 0 Å². The molecule has 1 unspecified atom stereocenters. The molecular weight excluding hydrogens is 300 g/mol. The summed E-state index contributed by atoms with van der Waals surface area (Å²) in [4.78, 5) is 23.7.